The van der Waals surface area contributed by atoms with Crippen molar-refractivity contribution < 1.29 is 4.79 Å². The summed E-state index contributed by atoms with van der Waals surface area (Å²) in [4.78, 5) is 31.1. The van der Waals surface area contributed by atoms with Gasteiger partial charge in [0.2, 0.25) is 5.91 Å². The highest BCUT2D eigenvalue weighted by atomic mass is 32.2. The fraction of sp³-hybridized carbons (Fsp3) is 0.421. The van der Waals surface area contributed by atoms with Gasteiger partial charge in [-0.25, -0.2) is 4.98 Å². The Kier molecular flexibility index (Phi) is 5.91. The Hall–Kier alpha value is -2.08. The van der Waals surface area contributed by atoms with Crippen LogP contribution in [0.3, 0.4) is 0 Å². The van der Waals surface area contributed by atoms with Crippen LogP contribution in [0.15, 0.2) is 40.3 Å². The number of hydrogen-bond acceptors (Lipinski definition) is 4. The molecule has 6 heteroatoms. The van der Waals surface area contributed by atoms with Crippen molar-refractivity contribution in [1.29, 1.82) is 0 Å². The Bertz CT molecular complexity index is 803. The first kappa shape index (κ1) is 17.7. The molecular formula is C19H23N3O2S. The molecule has 5 nitrogen and oxygen atoms in total. The number of fused-ring (bicyclic) bond motifs is 1. The maximum absolute atomic E-state index is 12.3. The smallest absolute Gasteiger partial charge is 0.251 e. The van der Waals surface area contributed by atoms with Crippen molar-refractivity contribution in [1.82, 2.24) is 15.3 Å². The monoisotopic (exact) mass is 357 g/mol. The van der Waals surface area contributed by atoms with Crippen LogP contribution < -0.4 is 10.9 Å². The third kappa shape index (κ3) is 4.72. The number of aromatic nitrogens is 2. The van der Waals surface area contributed by atoms with Gasteiger partial charge in [-0.15, -0.1) is 0 Å². The molecule has 2 aromatic rings. The number of nitrogens with one attached hydrogen (secondary N) is 2. The summed E-state index contributed by atoms with van der Waals surface area (Å²) in [6.07, 6.45) is 4.83. The van der Waals surface area contributed by atoms with Gasteiger partial charge in [0.15, 0.2) is 5.16 Å². The summed E-state index contributed by atoms with van der Waals surface area (Å²) in [5.41, 5.74) is 3.16. The van der Waals surface area contributed by atoms with Gasteiger partial charge in [0.25, 0.3) is 5.56 Å². The number of benzene rings is 1. The first-order valence-corrected chi connectivity index (χ1v) is 9.74. The van der Waals surface area contributed by atoms with Gasteiger partial charge in [0, 0.05) is 11.8 Å². The van der Waals surface area contributed by atoms with Crippen LogP contribution in [0.25, 0.3) is 0 Å². The second-order valence-electron chi connectivity index (χ2n) is 6.29. The minimum absolute atomic E-state index is 0.0322. The lowest BCUT2D eigenvalue weighted by molar-refractivity contribution is -0.119. The summed E-state index contributed by atoms with van der Waals surface area (Å²) < 4.78 is 0. The summed E-state index contributed by atoms with van der Waals surface area (Å²) in [7, 11) is 0. The normalized spacial score (nSPS) is 16.3. The first-order valence-electron chi connectivity index (χ1n) is 8.76. The van der Waals surface area contributed by atoms with Crippen LogP contribution in [0.4, 0.5) is 0 Å². The van der Waals surface area contributed by atoms with Crippen LogP contribution in [-0.2, 0) is 17.6 Å². The molecule has 1 heterocycles. The van der Waals surface area contributed by atoms with E-state index >= 15 is 0 Å². The summed E-state index contributed by atoms with van der Waals surface area (Å²) in [6.45, 7) is 2.05. The Balaban J connectivity index is 1.60. The highest BCUT2D eigenvalue weighted by Gasteiger charge is 2.21. The third-order valence-corrected chi connectivity index (χ3v) is 5.20. The standard InChI is InChI=1S/C19H23N3O2S/c1-2-6-14-11-17(23)22-19(20-14)25-12-18(24)21-16-10-5-8-13-7-3-4-9-15(13)16/h3-4,7,9,11,16H,2,5-6,8,10,12H2,1H3,(H,21,24)(H,20,22,23)/t16-/m1/s1. The fourth-order valence-corrected chi connectivity index (χ4v) is 3.92. The topological polar surface area (TPSA) is 74.8 Å². The molecule has 1 aromatic carbocycles. The van der Waals surface area contributed by atoms with E-state index in [1.807, 2.05) is 19.1 Å². The van der Waals surface area contributed by atoms with Gasteiger partial charge in [-0.05, 0) is 36.8 Å². The van der Waals surface area contributed by atoms with Gasteiger partial charge in [-0.2, -0.15) is 0 Å². The number of amides is 1. The number of rotatable bonds is 6. The highest BCUT2D eigenvalue weighted by molar-refractivity contribution is 7.99. The zero-order valence-corrected chi connectivity index (χ0v) is 15.2. The fourth-order valence-electron chi connectivity index (χ4n) is 3.21. The van der Waals surface area contributed by atoms with Crippen molar-refractivity contribution in [3.8, 4) is 0 Å². The average Bonchev–Trinajstić information content (AvgIpc) is 2.60. The van der Waals surface area contributed by atoms with Crippen molar-refractivity contribution in [2.45, 2.75) is 50.2 Å². The van der Waals surface area contributed by atoms with Gasteiger partial charge in [0.05, 0.1) is 11.8 Å². The highest BCUT2D eigenvalue weighted by Crippen LogP contribution is 2.29. The molecule has 0 unspecified atom stereocenters. The first-order chi connectivity index (χ1) is 12.2. The van der Waals surface area contributed by atoms with Crippen molar-refractivity contribution in [2.24, 2.45) is 0 Å². The van der Waals surface area contributed by atoms with Gasteiger partial charge in [-0.1, -0.05) is 49.4 Å². The predicted octanol–water partition coefficient (Wildman–Crippen LogP) is 3.01. The summed E-state index contributed by atoms with van der Waals surface area (Å²) in [6, 6.07) is 9.90. The maximum Gasteiger partial charge on any atom is 0.251 e. The van der Waals surface area contributed by atoms with E-state index in [0.717, 1.165) is 37.8 Å². The molecular weight excluding hydrogens is 334 g/mol. The van der Waals surface area contributed by atoms with E-state index in [4.69, 9.17) is 0 Å². The minimum atomic E-state index is -0.164. The Labute approximate surface area is 151 Å². The molecule has 1 aromatic heterocycles. The minimum Gasteiger partial charge on any atom is -0.349 e. The van der Waals surface area contributed by atoms with E-state index in [2.05, 4.69) is 27.4 Å². The molecule has 1 aliphatic rings. The van der Waals surface area contributed by atoms with Gasteiger partial charge in [-0.3, -0.25) is 9.59 Å². The molecule has 0 radical (unpaired) electrons. The number of carbonyl (C=O) groups excluding carboxylic acids is 1. The van der Waals surface area contributed by atoms with Crippen LogP contribution >= 0.6 is 11.8 Å². The van der Waals surface area contributed by atoms with Crippen LogP contribution in [-0.4, -0.2) is 21.6 Å². The molecule has 132 valence electrons. The molecule has 2 N–H and O–H groups in total. The molecule has 0 saturated heterocycles. The van der Waals surface area contributed by atoms with Gasteiger partial charge >= 0.3 is 0 Å². The quantitative estimate of drug-likeness (QED) is 0.616. The van der Waals surface area contributed by atoms with Crippen LogP contribution in [0, 0.1) is 0 Å². The molecule has 1 atom stereocenters. The molecule has 0 fully saturated rings. The van der Waals surface area contributed by atoms with E-state index in [1.165, 1.54) is 29.0 Å². The molecule has 0 spiro atoms. The number of hydrogen-bond donors (Lipinski definition) is 2. The van der Waals surface area contributed by atoms with E-state index in [0.29, 0.717) is 5.16 Å². The molecule has 1 aliphatic carbocycles. The zero-order valence-electron chi connectivity index (χ0n) is 14.4. The van der Waals surface area contributed by atoms with Crippen molar-refractivity contribution >= 4 is 17.7 Å². The lowest BCUT2D eigenvalue weighted by Gasteiger charge is -2.26. The van der Waals surface area contributed by atoms with Crippen molar-refractivity contribution in [3.63, 3.8) is 0 Å². The Morgan fingerprint density at radius 3 is 3.08 bits per heavy atom. The SMILES string of the molecule is CCCc1cc(=O)[nH]c(SCC(=O)N[C@@H]2CCCc3ccccc32)n1. The third-order valence-electron chi connectivity index (χ3n) is 4.32. The second kappa shape index (κ2) is 8.34. The van der Waals surface area contributed by atoms with Crippen molar-refractivity contribution in [2.75, 3.05) is 5.75 Å². The number of nitrogens with zero attached hydrogens (tertiary/aromatic N) is 1. The number of carbonyl (C=O) groups is 1. The van der Waals surface area contributed by atoms with Crippen LogP contribution in [0.1, 0.15) is 49.0 Å². The van der Waals surface area contributed by atoms with Crippen molar-refractivity contribution in [3.05, 3.63) is 57.5 Å². The largest absolute Gasteiger partial charge is 0.349 e. The molecule has 0 saturated carbocycles. The van der Waals surface area contributed by atoms with E-state index in [9.17, 15) is 9.59 Å². The number of thioether (sulfide) groups is 1. The number of H-pyrrole nitrogens is 1. The Morgan fingerprint density at radius 2 is 2.24 bits per heavy atom. The number of aryl methyl sites for hydroxylation is 2. The molecule has 0 aliphatic heterocycles. The second-order valence-corrected chi connectivity index (χ2v) is 7.26. The molecule has 0 bridgehead atoms. The average molecular weight is 357 g/mol. The Morgan fingerprint density at radius 1 is 1.40 bits per heavy atom. The summed E-state index contributed by atoms with van der Waals surface area (Å²) >= 11 is 1.27. The van der Waals surface area contributed by atoms with Crippen LogP contribution in [0.5, 0.6) is 0 Å². The lowest BCUT2D eigenvalue weighted by Crippen LogP contribution is -2.32. The summed E-state index contributed by atoms with van der Waals surface area (Å²) in [5, 5.41) is 3.63. The maximum atomic E-state index is 12.3. The number of aromatic amines is 1. The van der Waals surface area contributed by atoms with E-state index in [1.54, 1.807) is 0 Å². The van der Waals surface area contributed by atoms with Gasteiger partial charge in [0.1, 0.15) is 0 Å². The molecule has 1 amide bonds. The summed E-state index contributed by atoms with van der Waals surface area (Å²) in [5.74, 6) is 0.215. The van der Waals surface area contributed by atoms with E-state index in [-0.39, 0.29) is 23.3 Å². The molecule has 25 heavy (non-hydrogen) atoms. The van der Waals surface area contributed by atoms with Gasteiger partial charge < -0.3 is 10.3 Å². The molecule has 3 rings (SSSR count). The van der Waals surface area contributed by atoms with Crippen LogP contribution in [0.2, 0.25) is 0 Å². The lowest BCUT2D eigenvalue weighted by atomic mass is 9.88. The van der Waals surface area contributed by atoms with E-state index < -0.39 is 0 Å². The predicted molar refractivity (Wildman–Crippen MR) is 99.8 cm³/mol. The zero-order chi connectivity index (χ0) is 17.6.